The molecule has 102 valence electrons. The Hall–Kier alpha value is -1.24. The minimum Gasteiger partial charge on any atom is -0.380 e. The van der Waals surface area contributed by atoms with Crippen molar-refractivity contribution in [3.8, 4) is 11.5 Å². The van der Waals surface area contributed by atoms with Gasteiger partial charge in [0.1, 0.15) is 0 Å². The van der Waals surface area contributed by atoms with E-state index in [1.54, 1.807) is 0 Å². The normalized spacial score (nSPS) is 12.6. The van der Waals surface area contributed by atoms with Crippen LogP contribution >= 0.6 is 15.9 Å². The zero-order valence-electron chi connectivity index (χ0n) is 10.9. The second-order valence-electron chi connectivity index (χ2n) is 4.24. The maximum Gasteiger partial charge on any atom is 0.258 e. The van der Waals surface area contributed by atoms with Crippen molar-refractivity contribution in [3.63, 3.8) is 0 Å². The molecule has 0 fully saturated rings. The fraction of sp³-hybridized carbons (Fsp3) is 0.385. The van der Waals surface area contributed by atoms with Crippen LogP contribution in [0.25, 0.3) is 11.5 Å². The number of nitrogens with zero attached hydrogens (tertiary/aromatic N) is 2. The number of hydrogen-bond donors (Lipinski definition) is 1. The fourth-order valence-corrected chi connectivity index (χ4v) is 2.29. The molecule has 0 saturated heterocycles. The van der Waals surface area contributed by atoms with Crippen LogP contribution in [0.4, 0.5) is 0 Å². The molecule has 1 heterocycles. The summed E-state index contributed by atoms with van der Waals surface area (Å²) in [6.45, 7) is 4.92. The van der Waals surface area contributed by atoms with Gasteiger partial charge in [0.25, 0.3) is 5.89 Å². The Morgan fingerprint density at radius 3 is 2.89 bits per heavy atom. The summed E-state index contributed by atoms with van der Waals surface area (Å²) in [5.41, 5.74) is 7.90. The van der Waals surface area contributed by atoms with E-state index in [0.29, 0.717) is 24.9 Å². The van der Waals surface area contributed by atoms with E-state index in [1.165, 1.54) is 0 Å². The number of aromatic nitrogens is 2. The molecular formula is C13H16BrN3O2. The highest BCUT2D eigenvalue weighted by atomic mass is 79.9. The Labute approximate surface area is 120 Å². The van der Waals surface area contributed by atoms with Crippen LogP contribution in [-0.2, 0) is 4.74 Å². The first-order chi connectivity index (χ1) is 9.10. The van der Waals surface area contributed by atoms with Gasteiger partial charge in [-0.15, -0.1) is 0 Å². The van der Waals surface area contributed by atoms with Gasteiger partial charge in [-0.25, -0.2) is 0 Å². The lowest BCUT2D eigenvalue weighted by Crippen LogP contribution is -2.18. The summed E-state index contributed by atoms with van der Waals surface area (Å²) in [6, 6.07) is 5.56. The Bertz CT molecular complexity index is 536. The molecule has 1 aromatic heterocycles. The highest BCUT2D eigenvalue weighted by molar-refractivity contribution is 9.10. The standard InChI is InChI=1S/C13H16BrN3O2/c1-3-18-7-11(15)12-16-13(19-17-12)9-4-8(2)5-10(14)6-9/h4-6,11H,3,7,15H2,1-2H3. The molecule has 0 saturated carbocycles. The zero-order valence-corrected chi connectivity index (χ0v) is 12.5. The molecule has 1 aromatic carbocycles. The number of rotatable bonds is 5. The van der Waals surface area contributed by atoms with Crippen molar-refractivity contribution >= 4 is 15.9 Å². The van der Waals surface area contributed by atoms with Crippen LogP contribution in [0.5, 0.6) is 0 Å². The number of hydrogen-bond acceptors (Lipinski definition) is 5. The number of nitrogens with two attached hydrogens (primary N) is 1. The van der Waals surface area contributed by atoms with Crippen LogP contribution in [0.1, 0.15) is 24.4 Å². The molecule has 0 bridgehead atoms. The lowest BCUT2D eigenvalue weighted by atomic mass is 10.1. The van der Waals surface area contributed by atoms with E-state index in [2.05, 4.69) is 26.1 Å². The van der Waals surface area contributed by atoms with Crippen molar-refractivity contribution in [1.29, 1.82) is 0 Å². The summed E-state index contributed by atoms with van der Waals surface area (Å²) in [4.78, 5) is 4.31. The molecule has 2 rings (SSSR count). The van der Waals surface area contributed by atoms with Gasteiger partial charge in [-0.2, -0.15) is 4.98 Å². The summed E-state index contributed by atoms with van der Waals surface area (Å²) < 4.78 is 11.5. The van der Waals surface area contributed by atoms with Gasteiger partial charge < -0.3 is 15.0 Å². The monoisotopic (exact) mass is 325 g/mol. The molecule has 2 N–H and O–H groups in total. The summed E-state index contributed by atoms with van der Waals surface area (Å²) >= 11 is 3.45. The van der Waals surface area contributed by atoms with E-state index in [4.69, 9.17) is 15.0 Å². The second kappa shape index (κ2) is 6.27. The van der Waals surface area contributed by atoms with E-state index in [0.717, 1.165) is 15.6 Å². The van der Waals surface area contributed by atoms with Crippen molar-refractivity contribution in [3.05, 3.63) is 34.1 Å². The molecule has 0 radical (unpaired) electrons. The highest BCUT2D eigenvalue weighted by Crippen LogP contribution is 2.24. The van der Waals surface area contributed by atoms with Crippen LogP contribution in [0, 0.1) is 6.92 Å². The van der Waals surface area contributed by atoms with Gasteiger partial charge in [0, 0.05) is 16.6 Å². The van der Waals surface area contributed by atoms with Gasteiger partial charge in [-0.05, 0) is 37.6 Å². The van der Waals surface area contributed by atoms with Crippen molar-refractivity contribution in [2.45, 2.75) is 19.9 Å². The fourth-order valence-electron chi connectivity index (χ4n) is 1.68. The summed E-state index contributed by atoms with van der Waals surface area (Å²) in [6.07, 6.45) is 0. The molecule has 0 aliphatic carbocycles. The van der Waals surface area contributed by atoms with E-state index in [1.807, 2.05) is 32.0 Å². The van der Waals surface area contributed by atoms with Crippen molar-refractivity contribution in [1.82, 2.24) is 10.1 Å². The first-order valence-electron chi connectivity index (χ1n) is 6.04. The number of benzene rings is 1. The minimum atomic E-state index is -0.370. The second-order valence-corrected chi connectivity index (χ2v) is 5.16. The van der Waals surface area contributed by atoms with E-state index in [-0.39, 0.29) is 6.04 Å². The van der Waals surface area contributed by atoms with Crippen LogP contribution in [-0.4, -0.2) is 23.4 Å². The molecule has 19 heavy (non-hydrogen) atoms. The topological polar surface area (TPSA) is 74.2 Å². The third kappa shape index (κ3) is 3.62. The molecule has 0 spiro atoms. The van der Waals surface area contributed by atoms with E-state index < -0.39 is 0 Å². The largest absolute Gasteiger partial charge is 0.380 e. The maximum absolute atomic E-state index is 5.91. The van der Waals surface area contributed by atoms with Gasteiger partial charge >= 0.3 is 0 Å². The van der Waals surface area contributed by atoms with Crippen LogP contribution in [0.15, 0.2) is 27.2 Å². The quantitative estimate of drug-likeness (QED) is 0.914. The molecule has 0 amide bonds. The Balaban J connectivity index is 2.20. The average molecular weight is 326 g/mol. The molecule has 1 atom stereocenters. The zero-order chi connectivity index (χ0) is 13.8. The van der Waals surface area contributed by atoms with E-state index >= 15 is 0 Å². The Kier molecular flexibility index (Phi) is 4.68. The molecular weight excluding hydrogens is 310 g/mol. The first-order valence-corrected chi connectivity index (χ1v) is 6.84. The summed E-state index contributed by atoms with van der Waals surface area (Å²) in [5, 5.41) is 3.90. The molecule has 6 heteroatoms. The predicted octanol–water partition coefficient (Wildman–Crippen LogP) is 2.84. The minimum absolute atomic E-state index is 0.370. The molecule has 5 nitrogen and oxygen atoms in total. The van der Waals surface area contributed by atoms with Crippen LogP contribution in [0.3, 0.4) is 0 Å². The molecule has 0 aliphatic rings. The Morgan fingerprint density at radius 2 is 2.21 bits per heavy atom. The van der Waals surface area contributed by atoms with Crippen molar-refractivity contribution in [2.75, 3.05) is 13.2 Å². The highest BCUT2D eigenvalue weighted by Gasteiger charge is 2.15. The van der Waals surface area contributed by atoms with Gasteiger partial charge in [0.15, 0.2) is 5.82 Å². The van der Waals surface area contributed by atoms with Gasteiger partial charge in [0.05, 0.1) is 12.6 Å². The first kappa shape index (κ1) is 14.2. The lowest BCUT2D eigenvalue weighted by Gasteiger charge is -2.05. The van der Waals surface area contributed by atoms with Crippen LogP contribution in [0.2, 0.25) is 0 Å². The van der Waals surface area contributed by atoms with Gasteiger partial charge in [-0.3, -0.25) is 0 Å². The lowest BCUT2D eigenvalue weighted by molar-refractivity contribution is 0.130. The van der Waals surface area contributed by atoms with Crippen molar-refractivity contribution in [2.24, 2.45) is 5.73 Å². The van der Waals surface area contributed by atoms with Crippen molar-refractivity contribution < 1.29 is 9.26 Å². The Morgan fingerprint density at radius 1 is 1.42 bits per heavy atom. The molecule has 0 aliphatic heterocycles. The average Bonchev–Trinajstić information content (AvgIpc) is 2.84. The number of halogens is 1. The molecule has 2 aromatic rings. The smallest absolute Gasteiger partial charge is 0.258 e. The molecule has 1 unspecified atom stereocenters. The van der Waals surface area contributed by atoms with Crippen LogP contribution < -0.4 is 5.73 Å². The number of ether oxygens (including phenoxy) is 1. The summed E-state index contributed by atoms with van der Waals surface area (Å²) in [7, 11) is 0. The van der Waals surface area contributed by atoms with Gasteiger partial charge in [0.2, 0.25) is 0 Å². The van der Waals surface area contributed by atoms with Gasteiger partial charge in [-0.1, -0.05) is 21.1 Å². The third-order valence-electron chi connectivity index (χ3n) is 2.56. The third-order valence-corrected chi connectivity index (χ3v) is 3.02. The van der Waals surface area contributed by atoms with E-state index in [9.17, 15) is 0 Å². The summed E-state index contributed by atoms with van der Waals surface area (Å²) in [5.74, 6) is 0.924. The SMILES string of the molecule is CCOCC(N)c1noc(-c2cc(C)cc(Br)c2)n1. The predicted molar refractivity (Wildman–Crippen MR) is 75.6 cm³/mol. The maximum atomic E-state index is 5.91. The number of aryl methyl sites for hydroxylation is 1.